The van der Waals surface area contributed by atoms with Crippen LogP contribution in [0.5, 0.6) is 0 Å². The van der Waals surface area contributed by atoms with E-state index >= 15 is 0 Å². The van der Waals surface area contributed by atoms with E-state index in [1.165, 1.54) is 26.5 Å². The summed E-state index contributed by atoms with van der Waals surface area (Å²) in [5.41, 5.74) is 6.69. The van der Waals surface area contributed by atoms with Crippen molar-refractivity contribution in [3.05, 3.63) is 12.7 Å². The second-order valence-electron chi connectivity index (χ2n) is 6.44. The largest absolute Gasteiger partial charge is 0.382 e. The molecule has 1 aliphatic heterocycles. The smallest absolute Gasteiger partial charge is 0.274 e. The summed E-state index contributed by atoms with van der Waals surface area (Å²) in [4.78, 5) is 12.2. The summed E-state index contributed by atoms with van der Waals surface area (Å²) in [5.74, 6) is -1.18. The van der Waals surface area contributed by atoms with Gasteiger partial charge in [-0.25, -0.2) is 20.1 Å². The molecule has 0 saturated carbocycles. The Balaban J connectivity index is 1.85. The molecule has 0 aliphatic carbocycles. The van der Waals surface area contributed by atoms with Crippen LogP contribution >= 0.6 is 0 Å². The number of aliphatic hydroxyl groups is 1. The quantitative estimate of drug-likeness (QED) is 0.433. The topological polar surface area (TPSA) is 180 Å². The molecule has 3 rings (SSSR count). The van der Waals surface area contributed by atoms with Gasteiger partial charge in [-0.15, -0.1) is 0 Å². The molecule has 2 aromatic heterocycles. The Morgan fingerprint density at radius 3 is 2.85 bits per heavy atom. The average Bonchev–Trinajstić information content (AvgIpc) is 3.07. The normalized spacial score (nSPS) is 24.4. The molecule has 0 amide bonds. The van der Waals surface area contributed by atoms with Crippen LogP contribution in [-0.2, 0) is 19.7 Å². The van der Waals surface area contributed by atoms with Crippen molar-refractivity contribution in [3.63, 3.8) is 0 Å². The highest BCUT2D eigenvalue weighted by atomic mass is 32.2. The molecule has 12 nitrogen and oxygen atoms in total. The molecule has 1 aliphatic rings. The van der Waals surface area contributed by atoms with Gasteiger partial charge in [0, 0.05) is 13.0 Å². The standard InChI is InChI=1S/C13H21N7O5S/c1-13(2,21)25-7-3-9(24-8(7)4-19-26(15,22)23)20-6-18-10-11(14)16-5-17-12(10)20/h5-9,19,21H,3-4H2,1-2H3,(H2,14,16,17)(H2,15,22,23)/t7-,8-,9-/m1/s1. The minimum absolute atomic E-state index is 0.111. The zero-order valence-corrected chi connectivity index (χ0v) is 15.0. The Labute approximate surface area is 149 Å². The number of nitrogens with zero attached hydrogens (tertiary/aromatic N) is 4. The van der Waals surface area contributed by atoms with E-state index in [0.717, 1.165) is 0 Å². The second-order valence-corrected chi connectivity index (χ2v) is 7.82. The number of rotatable bonds is 6. The van der Waals surface area contributed by atoms with Gasteiger partial charge < -0.3 is 20.3 Å². The van der Waals surface area contributed by atoms with E-state index in [-0.39, 0.29) is 12.4 Å². The number of fused-ring (bicyclic) bond motifs is 1. The van der Waals surface area contributed by atoms with E-state index in [1.807, 2.05) is 0 Å². The number of nitrogens with one attached hydrogen (secondary N) is 1. The molecule has 2 aromatic rings. The van der Waals surface area contributed by atoms with Crippen molar-refractivity contribution >= 4 is 27.2 Å². The van der Waals surface area contributed by atoms with Gasteiger partial charge in [-0.05, 0) is 13.8 Å². The Kier molecular flexibility index (Phi) is 4.85. The Hall–Kier alpha value is -1.90. The number of nitrogen functional groups attached to an aromatic ring is 1. The highest BCUT2D eigenvalue weighted by Crippen LogP contribution is 2.34. The molecular weight excluding hydrogens is 366 g/mol. The predicted octanol–water partition coefficient (Wildman–Crippen LogP) is -1.40. The molecule has 1 saturated heterocycles. The lowest BCUT2D eigenvalue weighted by molar-refractivity contribution is -0.213. The molecular formula is C13H21N7O5S. The molecule has 3 atom stereocenters. The fourth-order valence-electron chi connectivity index (χ4n) is 2.83. The van der Waals surface area contributed by atoms with E-state index in [9.17, 15) is 13.5 Å². The molecule has 6 N–H and O–H groups in total. The lowest BCUT2D eigenvalue weighted by Gasteiger charge is -2.26. The van der Waals surface area contributed by atoms with Crippen molar-refractivity contribution in [3.8, 4) is 0 Å². The molecule has 0 radical (unpaired) electrons. The van der Waals surface area contributed by atoms with Crippen molar-refractivity contribution in [1.29, 1.82) is 0 Å². The van der Waals surface area contributed by atoms with Crippen molar-refractivity contribution in [2.24, 2.45) is 5.14 Å². The summed E-state index contributed by atoms with van der Waals surface area (Å²) in [6.45, 7) is 2.84. The third kappa shape index (κ3) is 4.25. The van der Waals surface area contributed by atoms with Crippen LogP contribution in [0.25, 0.3) is 11.2 Å². The first-order valence-electron chi connectivity index (χ1n) is 7.79. The average molecular weight is 387 g/mol. The van der Waals surface area contributed by atoms with Crippen LogP contribution in [0.2, 0.25) is 0 Å². The number of aromatic nitrogens is 4. The van der Waals surface area contributed by atoms with E-state index in [0.29, 0.717) is 17.6 Å². The van der Waals surface area contributed by atoms with Gasteiger partial charge in [-0.3, -0.25) is 4.57 Å². The lowest BCUT2D eigenvalue weighted by Crippen LogP contribution is -2.43. The molecule has 0 unspecified atom stereocenters. The van der Waals surface area contributed by atoms with Crippen LogP contribution in [0, 0.1) is 0 Å². The van der Waals surface area contributed by atoms with Crippen molar-refractivity contribution in [1.82, 2.24) is 24.2 Å². The first-order valence-corrected chi connectivity index (χ1v) is 9.34. The van der Waals surface area contributed by atoms with Gasteiger partial charge in [0.1, 0.15) is 24.2 Å². The minimum Gasteiger partial charge on any atom is -0.382 e. The molecule has 26 heavy (non-hydrogen) atoms. The number of anilines is 1. The second kappa shape index (κ2) is 6.68. The fourth-order valence-corrected chi connectivity index (χ4v) is 3.22. The van der Waals surface area contributed by atoms with Gasteiger partial charge in [-0.2, -0.15) is 13.1 Å². The van der Waals surface area contributed by atoms with Crippen LogP contribution in [0.3, 0.4) is 0 Å². The molecule has 1 fully saturated rings. The predicted molar refractivity (Wildman–Crippen MR) is 90.5 cm³/mol. The van der Waals surface area contributed by atoms with Crippen molar-refractivity contribution < 1.29 is 23.0 Å². The van der Waals surface area contributed by atoms with Crippen molar-refractivity contribution in [2.75, 3.05) is 12.3 Å². The lowest BCUT2D eigenvalue weighted by atomic mass is 10.1. The number of hydrogen-bond acceptors (Lipinski definition) is 9. The van der Waals surface area contributed by atoms with Crippen LogP contribution < -0.4 is 15.6 Å². The van der Waals surface area contributed by atoms with E-state index in [4.69, 9.17) is 20.3 Å². The van der Waals surface area contributed by atoms with Gasteiger partial charge in [-0.1, -0.05) is 0 Å². The molecule has 0 bridgehead atoms. The summed E-state index contributed by atoms with van der Waals surface area (Å²) >= 11 is 0. The highest BCUT2D eigenvalue weighted by molar-refractivity contribution is 7.87. The number of nitrogens with two attached hydrogens (primary N) is 2. The monoisotopic (exact) mass is 387 g/mol. The summed E-state index contributed by atoms with van der Waals surface area (Å²) in [5, 5.41) is 14.9. The van der Waals surface area contributed by atoms with Gasteiger partial charge in [0.2, 0.25) is 0 Å². The van der Waals surface area contributed by atoms with Crippen LogP contribution in [-0.4, -0.2) is 57.6 Å². The zero-order valence-electron chi connectivity index (χ0n) is 14.2. The fraction of sp³-hybridized carbons (Fsp3) is 0.615. The molecule has 0 aromatic carbocycles. The van der Waals surface area contributed by atoms with Crippen LogP contribution in [0.15, 0.2) is 12.7 Å². The van der Waals surface area contributed by atoms with Gasteiger partial charge in [0.25, 0.3) is 10.2 Å². The third-order valence-electron chi connectivity index (χ3n) is 3.80. The maximum absolute atomic E-state index is 11.2. The van der Waals surface area contributed by atoms with Crippen LogP contribution in [0.1, 0.15) is 26.5 Å². The summed E-state index contributed by atoms with van der Waals surface area (Å²) in [7, 11) is -3.89. The zero-order chi connectivity index (χ0) is 19.1. The molecule has 13 heteroatoms. The van der Waals surface area contributed by atoms with E-state index in [1.54, 1.807) is 4.57 Å². The van der Waals surface area contributed by atoms with E-state index < -0.39 is 34.4 Å². The Morgan fingerprint density at radius 2 is 2.19 bits per heavy atom. The summed E-state index contributed by atoms with van der Waals surface area (Å²) in [6, 6.07) is 0. The summed E-state index contributed by atoms with van der Waals surface area (Å²) < 4.78 is 37.7. The number of hydrogen-bond donors (Lipinski definition) is 4. The number of imidazole rings is 1. The first kappa shape index (κ1) is 18.9. The van der Waals surface area contributed by atoms with Crippen molar-refractivity contribution in [2.45, 2.75) is 44.5 Å². The minimum atomic E-state index is -3.89. The maximum atomic E-state index is 11.2. The molecule has 0 spiro atoms. The van der Waals surface area contributed by atoms with Gasteiger partial charge >= 0.3 is 0 Å². The number of ether oxygens (including phenoxy) is 2. The summed E-state index contributed by atoms with van der Waals surface area (Å²) in [6.07, 6.45) is 1.34. The van der Waals surface area contributed by atoms with E-state index in [2.05, 4.69) is 19.7 Å². The maximum Gasteiger partial charge on any atom is 0.274 e. The highest BCUT2D eigenvalue weighted by Gasteiger charge is 2.40. The molecule has 3 heterocycles. The molecule has 144 valence electrons. The first-order chi connectivity index (χ1) is 12.0. The Morgan fingerprint density at radius 1 is 1.46 bits per heavy atom. The van der Waals surface area contributed by atoms with Crippen LogP contribution in [0.4, 0.5) is 5.82 Å². The van der Waals surface area contributed by atoms with Gasteiger partial charge in [0.05, 0.1) is 12.4 Å². The Bertz CT molecular complexity index is 894. The third-order valence-corrected chi connectivity index (χ3v) is 4.37. The van der Waals surface area contributed by atoms with Gasteiger partial charge in [0.15, 0.2) is 17.3 Å². The SMILES string of the molecule is CC(C)(O)O[C@@H]1C[C@H](n2cnc3c(N)ncnc32)O[C@@H]1CNS(N)(=O)=O.